The molecule has 0 fully saturated rings. The van der Waals surface area contributed by atoms with Gasteiger partial charge in [-0.1, -0.05) is 100 Å². The Bertz CT molecular complexity index is 2050. The Labute approximate surface area is 314 Å². The van der Waals surface area contributed by atoms with Crippen molar-refractivity contribution in [2.24, 2.45) is 5.92 Å². The number of nitrogen functional groups attached to an aromatic ring is 1. The van der Waals surface area contributed by atoms with E-state index in [1.807, 2.05) is 67.0 Å². The number of para-hydroxylation sites is 1. The number of carbonyl (C=O) groups excluding carboxylic acids is 3. The Morgan fingerprint density at radius 3 is 2.04 bits per heavy atom. The summed E-state index contributed by atoms with van der Waals surface area (Å²) in [7, 11) is 0. The van der Waals surface area contributed by atoms with Crippen LogP contribution < -0.4 is 5.73 Å². The Morgan fingerprint density at radius 2 is 1.51 bits per heavy atom. The standard InChI is InChI=1S/C14H16N4.C12H10BrNO2.C7H5BrO.C5H7NO2/c1-9(2)7-18-8-16-12-13(18)10-5-3-4-6-11(10)17-14(12)15;1-3-16-12(15)11(14-2)8-9-6-4-5-7-10(9)13;8-7-4-2-1-3-6(7)5-9;1-3-8-5(7)4-6-2/h3-6,8-9H,7H2,1-2H3,(H2,15,17);4-8H,3H2,1H3;1-5H;3-4H2,1H3/b;11-8-;;. The third-order valence-corrected chi connectivity index (χ3v) is 7.83. The summed E-state index contributed by atoms with van der Waals surface area (Å²) in [5, 5.41) is 1.11. The molecule has 13 heteroatoms. The normalized spacial score (nSPS) is 10.3. The van der Waals surface area contributed by atoms with Gasteiger partial charge in [0.15, 0.2) is 12.1 Å². The van der Waals surface area contributed by atoms with Gasteiger partial charge < -0.3 is 24.6 Å². The molecule has 0 aliphatic rings. The number of pyridine rings is 1. The number of rotatable bonds is 8. The van der Waals surface area contributed by atoms with E-state index in [9.17, 15) is 14.4 Å². The summed E-state index contributed by atoms with van der Waals surface area (Å²) in [4.78, 5) is 46.6. The van der Waals surface area contributed by atoms with Gasteiger partial charge in [0.25, 0.3) is 5.70 Å². The fraction of sp³-hybridized carbons (Fsp3) is 0.237. The van der Waals surface area contributed by atoms with Gasteiger partial charge in [0.05, 0.1) is 37.1 Å². The number of fused-ring (bicyclic) bond motifs is 3. The lowest BCUT2D eigenvalue weighted by molar-refractivity contribution is -0.140. The molecule has 0 aliphatic heterocycles. The average molecular weight is 819 g/mol. The van der Waals surface area contributed by atoms with Gasteiger partial charge in [0.1, 0.15) is 5.52 Å². The lowest BCUT2D eigenvalue weighted by Crippen LogP contribution is -2.05. The largest absolute Gasteiger partial charge is 0.471 e. The summed E-state index contributed by atoms with van der Waals surface area (Å²) >= 11 is 6.57. The van der Waals surface area contributed by atoms with E-state index in [-0.39, 0.29) is 18.8 Å². The maximum atomic E-state index is 11.4. The summed E-state index contributed by atoms with van der Waals surface area (Å²) in [5.41, 5.74) is 10.2. The number of halogens is 2. The first-order chi connectivity index (χ1) is 24.5. The molecule has 0 radical (unpaired) electrons. The van der Waals surface area contributed by atoms with E-state index in [0.29, 0.717) is 23.9 Å². The van der Waals surface area contributed by atoms with Crippen LogP contribution in [0.4, 0.5) is 5.82 Å². The molecule has 51 heavy (non-hydrogen) atoms. The molecule has 264 valence electrons. The minimum absolute atomic E-state index is 0.0197. The van der Waals surface area contributed by atoms with E-state index >= 15 is 0 Å². The quantitative estimate of drug-likeness (QED) is 0.0711. The monoisotopic (exact) mass is 816 g/mol. The number of carbonyl (C=O) groups is 3. The molecule has 11 nitrogen and oxygen atoms in total. The summed E-state index contributed by atoms with van der Waals surface area (Å²) in [5.74, 6) is 0.0394. The minimum atomic E-state index is -0.590. The van der Waals surface area contributed by atoms with Crippen molar-refractivity contribution in [2.75, 3.05) is 25.5 Å². The third-order valence-electron chi connectivity index (χ3n) is 6.39. The van der Waals surface area contributed by atoms with Crippen molar-refractivity contribution in [3.8, 4) is 0 Å². The van der Waals surface area contributed by atoms with Gasteiger partial charge in [-0.25, -0.2) is 26.2 Å². The fourth-order valence-corrected chi connectivity index (χ4v) is 5.04. The number of imidazole rings is 1. The van der Waals surface area contributed by atoms with Gasteiger partial charge in [-0.05, 0) is 49.6 Å². The molecule has 0 saturated heterocycles. The molecule has 2 aromatic heterocycles. The molecular formula is C38H38Br2N6O5. The molecule has 0 bridgehead atoms. The predicted molar refractivity (Wildman–Crippen MR) is 207 cm³/mol. The summed E-state index contributed by atoms with van der Waals surface area (Å²) in [6.07, 6.45) is 4.19. The first-order valence-corrected chi connectivity index (χ1v) is 17.3. The summed E-state index contributed by atoms with van der Waals surface area (Å²) < 4.78 is 13.0. The van der Waals surface area contributed by atoms with E-state index in [0.717, 1.165) is 49.3 Å². The van der Waals surface area contributed by atoms with Crippen molar-refractivity contribution in [1.82, 2.24) is 14.5 Å². The van der Waals surface area contributed by atoms with E-state index in [1.165, 1.54) is 6.08 Å². The van der Waals surface area contributed by atoms with Crippen molar-refractivity contribution in [3.63, 3.8) is 0 Å². The lowest BCUT2D eigenvalue weighted by Gasteiger charge is -2.09. The predicted octanol–water partition coefficient (Wildman–Crippen LogP) is 8.83. The number of aldehydes is 1. The van der Waals surface area contributed by atoms with Crippen molar-refractivity contribution in [3.05, 3.63) is 128 Å². The maximum Gasteiger partial charge on any atom is 0.387 e. The number of hydrogen-bond acceptors (Lipinski definition) is 8. The van der Waals surface area contributed by atoms with Crippen LogP contribution in [-0.4, -0.2) is 52.5 Å². The van der Waals surface area contributed by atoms with Crippen LogP contribution in [0.15, 0.2) is 93.8 Å². The average Bonchev–Trinajstić information content (AvgIpc) is 3.53. The number of nitrogens with zero attached hydrogens (tertiary/aromatic N) is 5. The Kier molecular flexibility index (Phi) is 18.3. The number of anilines is 1. The third kappa shape index (κ3) is 13.5. The Hall–Kier alpha value is -5.37. The molecule has 0 spiro atoms. The van der Waals surface area contributed by atoms with Crippen LogP contribution >= 0.6 is 31.9 Å². The molecule has 2 N–H and O–H groups in total. The maximum absolute atomic E-state index is 11.4. The van der Waals surface area contributed by atoms with Crippen molar-refractivity contribution in [2.45, 2.75) is 34.2 Å². The topological polar surface area (TPSA) is 135 Å². The van der Waals surface area contributed by atoms with Crippen LogP contribution in [0.25, 0.3) is 37.7 Å². The smallest absolute Gasteiger partial charge is 0.387 e. The van der Waals surface area contributed by atoms with Crippen molar-refractivity contribution >= 4 is 83.9 Å². The summed E-state index contributed by atoms with van der Waals surface area (Å²) in [6, 6.07) is 22.7. The zero-order valence-corrected chi connectivity index (χ0v) is 31.8. The highest BCUT2D eigenvalue weighted by Crippen LogP contribution is 2.27. The van der Waals surface area contributed by atoms with E-state index in [2.05, 4.69) is 80.7 Å². The zero-order valence-electron chi connectivity index (χ0n) is 28.7. The molecule has 0 atom stereocenters. The van der Waals surface area contributed by atoms with Crippen LogP contribution in [0.2, 0.25) is 0 Å². The summed E-state index contributed by atoms with van der Waals surface area (Å²) in [6.45, 7) is 22.4. The van der Waals surface area contributed by atoms with E-state index in [4.69, 9.17) is 23.6 Å². The highest BCUT2D eigenvalue weighted by Gasteiger charge is 2.13. The first kappa shape index (κ1) is 41.8. The van der Waals surface area contributed by atoms with E-state index in [1.54, 1.807) is 19.9 Å². The van der Waals surface area contributed by atoms with Gasteiger partial charge in [0, 0.05) is 26.4 Å². The molecule has 0 saturated carbocycles. The van der Waals surface area contributed by atoms with Gasteiger partial charge in [0.2, 0.25) is 0 Å². The Balaban J connectivity index is 0.000000250. The molecule has 5 rings (SSSR count). The van der Waals surface area contributed by atoms with Gasteiger partial charge >= 0.3 is 18.5 Å². The molecular weight excluding hydrogens is 780 g/mol. The fourth-order valence-electron chi connectivity index (χ4n) is 4.26. The van der Waals surface area contributed by atoms with Crippen LogP contribution in [0, 0.1) is 19.1 Å². The second-order valence-electron chi connectivity index (χ2n) is 10.6. The highest BCUT2D eigenvalue weighted by atomic mass is 79.9. The van der Waals surface area contributed by atoms with Gasteiger partial charge in [-0.2, -0.15) is 0 Å². The van der Waals surface area contributed by atoms with Crippen LogP contribution in [-0.2, 0) is 25.6 Å². The lowest BCUT2D eigenvalue weighted by atomic mass is 10.1. The van der Waals surface area contributed by atoms with Crippen LogP contribution in [0.1, 0.15) is 43.6 Å². The number of nitrogens with two attached hydrogens (primary N) is 1. The highest BCUT2D eigenvalue weighted by molar-refractivity contribution is 9.10. The second kappa shape index (κ2) is 22.4. The SMILES string of the molecule is CC(C)Cn1cnc2c(N)nc3ccccc3c21.O=Cc1ccccc1Br.[C-]#[N+]/C(=C\c1ccccc1Br)C(=O)OCC.[C-]#[N+]CC(=O)OCC. The molecule has 5 aromatic rings. The molecule has 0 unspecified atom stereocenters. The molecule has 2 heterocycles. The number of hydrogen-bond donors (Lipinski definition) is 1. The minimum Gasteiger partial charge on any atom is -0.471 e. The van der Waals surface area contributed by atoms with Crippen molar-refractivity contribution < 1.29 is 23.9 Å². The van der Waals surface area contributed by atoms with E-state index < -0.39 is 11.9 Å². The number of esters is 2. The molecule has 0 aliphatic carbocycles. The first-order valence-electron chi connectivity index (χ1n) is 15.7. The van der Waals surface area contributed by atoms with Crippen LogP contribution in [0.5, 0.6) is 0 Å². The number of aromatic nitrogens is 3. The van der Waals surface area contributed by atoms with Gasteiger partial charge in [-0.3, -0.25) is 9.59 Å². The Morgan fingerprint density at radius 1 is 0.922 bits per heavy atom. The van der Waals surface area contributed by atoms with Crippen LogP contribution in [0.3, 0.4) is 0 Å². The molecule has 0 amide bonds. The second-order valence-corrected chi connectivity index (χ2v) is 12.4. The number of ether oxygens (including phenoxy) is 2. The van der Waals surface area contributed by atoms with Crippen molar-refractivity contribution in [1.29, 1.82) is 0 Å². The molecule has 3 aromatic carbocycles. The zero-order chi connectivity index (χ0) is 37.8. The number of benzene rings is 3. The van der Waals surface area contributed by atoms with Gasteiger partial charge in [-0.15, -0.1) is 0 Å².